The zero-order valence-electron chi connectivity index (χ0n) is 19.3. The van der Waals surface area contributed by atoms with E-state index in [-0.39, 0.29) is 5.82 Å². The molecule has 5 heterocycles. The molecule has 6 rings (SSSR count). The number of H-pyrrole nitrogens is 1. The molecule has 0 saturated carbocycles. The SMILES string of the molecule is CN(C)Cc1cncc(-c2ccc3c(c2F)C(c2nc4nccc(-c5ccoc5)c4[nH]2)=CCN3)c1. The van der Waals surface area contributed by atoms with E-state index < -0.39 is 0 Å². The Hall–Kier alpha value is -4.30. The molecule has 0 atom stereocenters. The summed E-state index contributed by atoms with van der Waals surface area (Å²) in [5.41, 5.74) is 7.36. The molecule has 0 saturated heterocycles. The van der Waals surface area contributed by atoms with Crippen LogP contribution < -0.4 is 5.32 Å². The van der Waals surface area contributed by atoms with Gasteiger partial charge in [0.25, 0.3) is 0 Å². The molecular weight excluding hydrogens is 443 g/mol. The number of fused-ring (bicyclic) bond motifs is 2. The summed E-state index contributed by atoms with van der Waals surface area (Å²) in [4.78, 5) is 18.9. The summed E-state index contributed by atoms with van der Waals surface area (Å²) < 4.78 is 21.4. The minimum Gasteiger partial charge on any atom is -0.472 e. The summed E-state index contributed by atoms with van der Waals surface area (Å²) in [6.45, 7) is 1.30. The first-order valence-electron chi connectivity index (χ1n) is 11.3. The van der Waals surface area contributed by atoms with E-state index in [2.05, 4.69) is 25.2 Å². The van der Waals surface area contributed by atoms with Gasteiger partial charge < -0.3 is 19.6 Å². The summed E-state index contributed by atoms with van der Waals surface area (Å²) in [6, 6.07) is 9.50. The van der Waals surface area contributed by atoms with Crippen molar-refractivity contribution in [3.05, 3.63) is 90.3 Å². The van der Waals surface area contributed by atoms with Crippen molar-refractivity contribution in [3.63, 3.8) is 0 Å². The molecule has 2 N–H and O–H groups in total. The number of benzene rings is 1. The summed E-state index contributed by atoms with van der Waals surface area (Å²) in [5, 5.41) is 3.28. The van der Waals surface area contributed by atoms with Crippen molar-refractivity contribution in [1.29, 1.82) is 0 Å². The van der Waals surface area contributed by atoms with Crippen molar-refractivity contribution in [2.24, 2.45) is 0 Å². The lowest BCUT2D eigenvalue weighted by atomic mass is 9.94. The number of aromatic nitrogens is 4. The Bertz CT molecular complexity index is 1570. The zero-order valence-corrected chi connectivity index (χ0v) is 19.3. The fourth-order valence-electron chi connectivity index (χ4n) is 4.57. The molecule has 1 aromatic carbocycles. The van der Waals surface area contributed by atoms with Gasteiger partial charge in [-0.25, -0.2) is 14.4 Å². The average molecular weight is 467 g/mol. The summed E-state index contributed by atoms with van der Waals surface area (Å²) in [5.74, 6) is 0.259. The fraction of sp³-hybridized carbons (Fsp3) is 0.148. The molecular formula is C27H23FN6O. The molecule has 35 heavy (non-hydrogen) atoms. The molecule has 0 amide bonds. The maximum atomic E-state index is 16.1. The first-order valence-corrected chi connectivity index (χ1v) is 11.3. The van der Waals surface area contributed by atoms with Crippen molar-refractivity contribution in [2.45, 2.75) is 6.54 Å². The molecule has 4 aromatic heterocycles. The standard InChI is InChI=1S/C27H23FN6O/c1-34(2)14-16-11-18(13-29-12-16)19-3-4-22-23(24(19)28)21(6-8-30-22)26-32-25-20(17-7-10-35-15-17)5-9-31-27(25)33-26/h3-7,9-13,15,30H,8,14H2,1-2H3,(H,31,32,33). The van der Waals surface area contributed by atoms with E-state index >= 15 is 4.39 Å². The van der Waals surface area contributed by atoms with Gasteiger partial charge in [0, 0.05) is 70.8 Å². The van der Waals surface area contributed by atoms with Crippen LogP contribution in [0.4, 0.5) is 10.1 Å². The average Bonchev–Trinajstić information content (AvgIpc) is 3.54. The topological polar surface area (TPSA) is 82.9 Å². The lowest BCUT2D eigenvalue weighted by Gasteiger charge is -2.21. The highest BCUT2D eigenvalue weighted by Gasteiger charge is 2.24. The number of hydrogen-bond acceptors (Lipinski definition) is 6. The van der Waals surface area contributed by atoms with Crippen LogP contribution in [-0.2, 0) is 6.54 Å². The Morgan fingerprint density at radius 1 is 1.09 bits per heavy atom. The van der Waals surface area contributed by atoms with Crippen LogP contribution in [0, 0.1) is 5.82 Å². The molecule has 8 heteroatoms. The molecule has 1 aliphatic heterocycles. The first kappa shape index (κ1) is 21.2. The molecule has 0 aliphatic carbocycles. The van der Waals surface area contributed by atoms with E-state index in [9.17, 15) is 0 Å². The van der Waals surface area contributed by atoms with Gasteiger partial charge in [0.1, 0.15) is 11.6 Å². The molecule has 0 radical (unpaired) electrons. The number of furan rings is 1. The third-order valence-corrected chi connectivity index (χ3v) is 6.09. The smallest absolute Gasteiger partial charge is 0.178 e. The van der Waals surface area contributed by atoms with Crippen LogP contribution in [-0.4, -0.2) is 45.5 Å². The molecule has 0 fully saturated rings. The van der Waals surface area contributed by atoms with E-state index in [1.807, 2.05) is 50.6 Å². The first-order chi connectivity index (χ1) is 17.1. The van der Waals surface area contributed by atoms with Crippen LogP contribution in [0.1, 0.15) is 17.0 Å². The molecule has 7 nitrogen and oxygen atoms in total. The molecule has 0 spiro atoms. The van der Waals surface area contributed by atoms with Gasteiger partial charge in [0.2, 0.25) is 0 Å². The fourth-order valence-corrected chi connectivity index (χ4v) is 4.57. The van der Waals surface area contributed by atoms with E-state index in [4.69, 9.17) is 9.40 Å². The summed E-state index contributed by atoms with van der Waals surface area (Å²) >= 11 is 0. The molecule has 1 aliphatic rings. The number of hydrogen-bond donors (Lipinski definition) is 2. The third kappa shape index (κ3) is 3.77. The predicted molar refractivity (Wildman–Crippen MR) is 134 cm³/mol. The van der Waals surface area contributed by atoms with Gasteiger partial charge >= 0.3 is 0 Å². The van der Waals surface area contributed by atoms with Gasteiger partial charge in [-0.1, -0.05) is 6.08 Å². The normalized spacial score (nSPS) is 13.1. The Kier molecular flexibility index (Phi) is 5.15. The van der Waals surface area contributed by atoms with Gasteiger partial charge in [0.15, 0.2) is 5.65 Å². The van der Waals surface area contributed by atoms with E-state index in [0.29, 0.717) is 34.7 Å². The van der Waals surface area contributed by atoms with Crippen LogP contribution in [0.25, 0.3) is 39.0 Å². The molecule has 0 bridgehead atoms. The molecule has 5 aromatic rings. The Morgan fingerprint density at radius 2 is 2.00 bits per heavy atom. The lowest BCUT2D eigenvalue weighted by molar-refractivity contribution is 0.402. The van der Waals surface area contributed by atoms with Crippen molar-refractivity contribution in [3.8, 4) is 22.3 Å². The summed E-state index contributed by atoms with van der Waals surface area (Å²) in [6.07, 6.45) is 10.5. The Balaban J connectivity index is 1.46. The van der Waals surface area contributed by atoms with Crippen LogP contribution in [0.2, 0.25) is 0 Å². The van der Waals surface area contributed by atoms with Crippen LogP contribution >= 0.6 is 0 Å². The Labute approximate surface area is 201 Å². The second-order valence-corrected chi connectivity index (χ2v) is 8.82. The van der Waals surface area contributed by atoms with Crippen LogP contribution in [0.15, 0.2) is 71.9 Å². The zero-order chi connectivity index (χ0) is 23.9. The highest BCUT2D eigenvalue weighted by molar-refractivity contribution is 5.94. The predicted octanol–water partition coefficient (Wildman–Crippen LogP) is 5.34. The Morgan fingerprint density at radius 3 is 2.83 bits per heavy atom. The maximum absolute atomic E-state index is 16.1. The minimum absolute atomic E-state index is 0.312. The van der Waals surface area contributed by atoms with Crippen molar-refractivity contribution in [1.82, 2.24) is 24.8 Å². The monoisotopic (exact) mass is 466 g/mol. The molecule has 0 unspecified atom stereocenters. The number of rotatable bonds is 5. The second kappa shape index (κ2) is 8.48. The van der Waals surface area contributed by atoms with Gasteiger partial charge in [-0.2, -0.15) is 0 Å². The molecule has 174 valence electrons. The second-order valence-electron chi connectivity index (χ2n) is 8.82. The van der Waals surface area contributed by atoms with Crippen LogP contribution in [0.3, 0.4) is 0 Å². The number of aromatic amines is 1. The summed E-state index contributed by atoms with van der Waals surface area (Å²) in [7, 11) is 3.99. The van der Waals surface area contributed by atoms with E-state index in [1.54, 1.807) is 31.0 Å². The van der Waals surface area contributed by atoms with E-state index in [0.717, 1.165) is 40.0 Å². The van der Waals surface area contributed by atoms with E-state index in [1.165, 1.54) is 0 Å². The highest BCUT2D eigenvalue weighted by Crippen LogP contribution is 2.39. The number of nitrogens with one attached hydrogen (secondary N) is 2. The largest absolute Gasteiger partial charge is 0.472 e. The quantitative estimate of drug-likeness (QED) is 0.364. The number of halogens is 1. The number of nitrogens with zero attached hydrogens (tertiary/aromatic N) is 4. The number of anilines is 1. The minimum atomic E-state index is -0.312. The van der Waals surface area contributed by atoms with Gasteiger partial charge in [-0.15, -0.1) is 0 Å². The number of imidazole rings is 1. The van der Waals surface area contributed by atoms with Gasteiger partial charge in [-0.05, 0) is 50.0 Å². The van der Waals surface area contributed by atoms with Gasteiger partial charge in [-0.3, -0.25) is 4.98 Å². The highest BCUT2D eigenvalue weighted by atomic mass is 19.1. The van der Waals surface area contributed by atoms with Gasteiger partial charge in [0.05, 0.1) is 18.0 Å². The van der Waals surface area contributed by atoms with Crippen molar-refractivity contribution < 1.29 is 8.81 Å². The van der Waals surface area contributed by atoms with Crippen LogP contribution in [0.5, 0.6) is 0 Å². The third-order valence-electron chi connectivity index (χ3n) is 6.09. The lowest BCUT2D eigenvalue weighted by Crippen LogP contribution is -2.12. The number of pyridine rings is 2. The maximum Gasteiger partial charge on any atom is 0.178 e. The van der Waals surface area contributed by atoms with Crippen molar-refractivity contribution >= 4 is 22.4 Å². The van der Waals surface area contributed by atoms with Crippen molar-refractivity contribution in [2.75, 3.05) is 26.0 Å².